The maximum Gasteiger partial charge on any atom is 0.123 e. The van der Waals surface area contributed by atoms with Crippen LogP contribution in [0.1, 0.15) is 5.56 Å². The molecule has 2 rings (SSSR count). The third kappa shape index (κ3) is 2.18. The maximum absolute atomic E-state index is 12.7. The predicted octanol–water partition coefficient (Wildman–Crippen LogP) is 4.25. The first-order valence-corrected chi connectivity index (χ1v) is 4.98. The minimum absolute atomic E-state index is 0.234. The van der Waals surface area contributed by atoms with Crippen molar-refractivity contribution in [2.75, 3.05) is 0 Å². The van der Waals surface area contributed by atoms with Crippen LogP contribution in [0.25, 0.3) is 11.1 Å². The van der Waals surface area contributed by atoms with Gasteiger partial charge in [0, 0.05) is 5.02 Å². The van der Waals surface area contributed by atoms with Gasteiger partial charge < -0.3 is 0 Å². The lowest BCUT2D eigenvalue weighted by Gasteiger charge is -2.05. The molecule has 2 aromatic rings. The molecule has 0 aliphatic rings. The van der Waals surface area contributed by atoms with Crippen LogP contribution < -0.4 is 0 Å². The lowest BCUT2D eigenvalue weighted by Crippen LogP contribution is -1.84. The summed E-state index contributed by atoms with van der Waals surface area (Å²) in [5.74, 6) is -0.234. The number of hydrogen-bond donors (Lipinski definition) is 0. The zero-order valence-electron chi connectivity index (χ0n) is 8.22. The first-order valence-electron chi connectivity index (χ1n) is 4.60. The average molecular weight is 220 g/mol. The van der Waals surface area contributed by atoms with E-state index in [0.717, 1.165) is 16.7 Å². The minimum Gasteiger partial charge on any atom is -0.207 e. The molecule has 0 nitrogen and oxygen atoms in total. The predicted molar refractivity (Wildman–Crippen MR) is 60.4 cm³/mol. The summed E-state index contributed by atoms with van der Waals surface area (Å²) in [5, 5.41) is 0.639. The van der Waals surface area contributed by atoms with Gasteiger partial charge in [0.15, 0.2) is 0 Å². The molecule has 0 fully saturated rings. The largest absolute Gasteiger partial charge is 0.207 e. The van der Waals surface area contributed by atoms with E-state index in [1.165, 1.54) is 12.1 Å². The van der Waals surface area contributed by atoms with E-state index in [0.29, 0.717) is 5.02 Å². The molecule has 2 heteroatoms. The second-order valence-corrected chi connectivity index (χ2v) is 3.80. The number of benzene rings is 2. The van der Waals surface area contributed by atoms with Crippen molar-refractivity contribution in [3.05, 3.63) is 58.9 Å². The SMILES string of the molecule is Cc1[c]cc(Cl)cc1-c1ccc(F)cc1. The summed E-state index contributed by atoms with van der Waals surface area (Å²) in [5.41, 5.74) is 2.95. The van der Waals surface area contributed by atoms with Crippen LogP contribution in [0.4, 0.5) is 4.39 Å². The van der Waals surface area contributed by atoms with Gasteiger partial charge in [0.25, 0.3) is 0 Å². The number of halogens is 2. The van der Waals surface area contributed by atoms with Crippen molar-refractivity contribution in [3.8, 4) is 11.1 Å². The van der Waals surface area contributed by atoms with Crippen molar-refractivity contribution in [2.24, 2.45) is 0 Å². The highest BCUT2D eigenvalue weighted by Crippen LogP contribution is 2.26. The molecule has 0 saturated heterocycles. The topological polar surface area (TPSA) is 0 Å². The molecular formula is C13H9ClF. The first-order chi connectivity index (χ1) is 7.16. The lowest BCUT2D eigenvalue weighted by atomic mass is 10.0. The van der Waals surface area contributed by atoms with Crippen LogP contribution in [0.5, 0.6) is 0 Å². The van der Waals surface area contributed by atoms with Crippen molar-refractivity contribution >= 4 is 11.6 Å². The van der Waals surface area contributed by atoms with Crippen LogP contribution in [0.15, 0.2) is 36.4 Å². The third-order valence-corrected chi connectivity index (χ3v) is 2.49. The monoisotopic (exact) mass is 219 g/mol. The Kier molecular flexibility index (Phi) is 2.74. The highest BCUT2D eigenvalue weighted by atomic mass is 35.5. The molecule has 0 aliphatic heterocycles. The number of aryl methyl sites for hydroxylation is 1. The summed E-state index contributed by atoms with van der Waals surface area (Å²) in [7, 11) is 0. The lowest BCUT2D eigenvalue weighted by molar-refractivity contribution is 0.628. The molecule has 15 heavy (non-hydrogen) atoms. The van der Waals surface area contributed by atoms with E-state index in [-0.39, 0.29) is 5.82 Å². The van der Waals surface area contributed by atoms with Gasteiger partial charge in [0.05, 0.1) is 0 Å². The molecule has 1 radical (unpaired) electrons. The van der Waals surface area contributed by atoms with Crippen LogP contribution >= 0.6 is 11.6 Å². The second-order valence-electron chi connectivity index (χ2n) is 3.36. The van der Waals surface area contributed by atoms with Gasteiger partial charge in [0.2, 0.25) is 0 Å². The number of rotatable bonds is 1. The van der Waals surface area contributed by atoms with Gasteiger partial charge in [-0.1, -0.05) is 23.7 Å². The Hall–Kier alpha value is -1.34. The summed E-state index contributed by atoms with van der Waals surface area (Å²) in [4.78, 5) is 0. The Balaban J connectivity index is 2.53. The second kappa shape index (κ2) is 4.03. The Bertz CT molecular complexity index is 474. The van der Waals surface area contributed by atoms with Gasteiger partial charge in [-0.05, 0) is 53.9 Å². The zero-order valence-corrected chi connectivity index (χ0v) is 8.98. The quantitative estimate of drug-likeness (QED) is 0.673. The fourth-order valence-electron chi connectivity index (χ4n) is 1.47. The summed E-state index contributed by atoms with van der Waals surface area (Å²) < 4.78 is 12.7. The maximum atomic E-state index is 12.7. The molecule has 0 N–H and O–H groups in total. The number of hydrogen-bond acceptors (Lipinski definition) is 0. The molecule has 0 aromatic heterocycles. The van der Waals surface area contributed by atoms with E-state index >= 15 is 0 Å². The summed E-state index contributed by atoms with van der Waals surface area (Å²) in [6, 6.07) is 13.0. The van der Waals surface area contributed by atoms with E-state index in [1.807, 2.05) is 13.0 Å². The van der Waals surface area contributed by atoms with Gasteiger partial charge in [-0.25, -0.2) is 4.39 Å². The first kappa shape index (κ1) is 10.2. The van der Waals surface area contributed by atoms with Crippen LogP contribution in [0, 0.1) is 18.8 Å². The Morgan fingerprint density at radius 1 is 1.20 bits per heavy atom. The van der Waals surface area contributed by atoms with Crippen molar-refractivity contribution < 1.29 is 4.39 Å². The highest BCUT2D eigenvalue weighted by molar-refractivity contribution is 6.30. The van der Waals surface area contributed by atoms with Crippen molar-refractivity contribution in [1.82, 2.24) is 0 Å². The Morgan fingerprint density at radius 2 is 1.87 bits per heavy atom. The van der Waals surface area contributed by atoms with E-state index in [2.05, 4.69) is 6.07 Å². The molecule has 0 heterocycles. The molecule has 0 spiro atoms. The van der Waals surface area contributed by atoms with Gasteiger partial charge >= 0.3 is 0 Å². The molecule has 0 atom stereocenters. The summed E-state index contributed by atoms with van der Waals surface area (Å²) >= 11 is 5.89. The zero-order chi connectivity index (χ0) is 10.8. The molecule has 0 unspecified atom stereocenters. The fourth-order valence-corrected chi connectivity index (χ4v) is 1.64. The van der Waals surface area contributed by atoms with E-state index in [9.17, 15) is 4.39 Å². The Labute approximate surface area is 93.3 Å². The highest BCUT2D eigenvalue weighted by Gasteiger charge is 2.02. The van der Waals surface area contributed by atoms with Gasteiger partial charge in [0.1, 0.15) is 5.82 Å². The molecule has 75 valence electrons. The van der Waals surface area contributed by atoms with E-state index in [1.54, 1.807) is 18.2 Å². The van der Waals surface area contributed by atoms with Crippen LogP contribution in [0.3, 0.4) is 0 Å². The normalized spacial score (nSPS) is 10.3. The van der Waals surface area contributed by atoms with Crippen LogP contribution in [-0.4, -0.2) is 0 Å². The third-order valence-electron chi connectivity index (χ3n) is 2.27. The van der Waals surface area contributed by atoms with Gasteiger partial charge in [-0.2, -0.15) is 0 Å². The fraction of sp³-hybridized carbons (Fsp3) is 0.0769. The smallest absolute Gasteiger partial charge is 0.123 e. The molecule has 0 aliphatic carbocycles. The molecular weight excluding hydrogens is 211 g/mol. The van der Waals surface area contributed by atoms with Gasteiger partial charge in [-0.3, -0.25) is 0 Å². The molecule has 0 bridgehead atoms. The Morgan fingerprint density at radius 3 is 2.53 bits per heavy atom. The van der Waals surface area contributed by atoms with E-state index in [4.69, 9.17) is 11.6 Å². The van der Waals surface area contributed by atoms with E-state index < -0.39 is 0 Å². The van der Waals surface area contributed by atoms with Gasteiger partial charge in [-0.15, -0.1) is 0 Å². The summed E-state index contributed by atoms with van der Waals surface area (Å²) in [6.07, 6.45) is 0. The summed E-state index contributed by atoms with van der Waals surface area (Å²) in [6.45, 7) is 1.95. The van der Waals surface area contributed by atoms with Crippen molar-refractivity contribution in [1.29, 1.82) is 0 Å². The van der Waals surface area contributed by atoms with Crippen molar-refractivity contribution in [3.63, 3.8) is 0 Å². The average Bonchev–Trinajstić information content (AvgIpc) is 2.23. The van der Waals surface area contributed by atoms with Crippen LogP contribution in [-0.2, 0) is 0 Å². The molecule has 0 amide bonds. The van der Waals surface area contributed by atoms with Crippen molar-refractivity contribution in [2.45, 2.75) is 6.92 Å². The van der Waals surface area contributed by atoms with Crippen LogP contribution in [0.2, 0.25) is 5.02 Å². The molecule has 0 saturated carbocycles. The standard InChI is InChI=1S/C13H9ClF/c1-9-2-5-11(14)8-13(9)10-3-6-12(15)7-4-10/h3-8H,1H3. The minimum atomic E-state index is -0.234. The molecule has 2 aromatic carbocycles.